The van der Waals surface area contributed by atoms with Gasteiger partial charge in [0.05, 0.1) is 12.0 Å². The van der Waals surface area contributed by atoms with Crippen LogP contribution in [0.25, 0.3) is 0 Å². The highest BCUT2D eigenvalue weighted by atomic mass is 16.6. The van der Waals surface area contributed by atoms with Crippen LogP contribution in [0.1, 0.15) is 40.0 Å². The van der Waals surface area contributed by atoms with E-state index in [1.165, 1.54) is 12.1 Å². The molecule has 24 heavy (non-hydrogen) atoms. The average Bonchev–Trinajstić information content (AvgIpc) is 2.79. The van der Waals surface area contributed by atoms with Crippen molar-refractivity contribution in [1.82, 2.24) is 15.3 Å². The fourth-order valence-corrected chi connectivity index (χ4v) is 3.03. The summed E-state index contributed by atoms with van der Waals surface area (Å²) in [5.74, 6) is -0.756. The van der Waals surface area contributed by atoms with Crippen molar-refractivity contribution >= 4 is 24.1 Å². The summed E-state index contributed by atoms with van der Waals surface area (Å²) in [5, 5.41) is 4.71. The van der Waals surface area contributed by atoms with Crippen LogP contribution < -0.4 is 5.43 Å². The number of piperidine rings is 1. The third kappa shape index (κ3) is 3.95. The van der Waals surface area contributed by atoms with Crippen LogP contribution in [0, 0.1) is 0 Å². The molecule has 0 bridgehead atoms. The molecule has 1 spiro atoms. The normalized spacial score (nSPS) is 24.4. The number of oxime groups is 1. The molecule has 134 valence electrons. The smallest absolute Gasteiger partial charge is 0.410 e. The number of nitrogens with zero attached hydrogens (tertiary/aromatic N) is 3. The summed E-state index contributed by atoms with van der Waals surface area (Å²) in [4.78, 5) is 42.6. The summed E-state index contributed by atoms with van der Waals surface area (Å²) < 4.78 is 5.40. The third-order valence-electron chi connectivity index (χ3n) is 3.90. The third-order valence-corrected chi connectivity index (χ3v) is 3.90. The van der Waals surface area contributed by atoms with Crippen LogP contribution in [-0.2, 0) is 19.2 Å². The van der Waals surface area contributed by atoms with Crippen LogP contribution in [0.15, 0.2) is 5.16 Å². The monoisotopic (exact) mass is 340 g/mol. The van der Waals surface area contributed by atoms with E-state index < -0.39 is 23.1 Å². The van der Waals surface area contributed by atoms with E-state index in [4.69, 9.17) is 4.74 Å². The molecule has 9 heteroatoms. The predicted octanol–water partition coefficient (Wildman–Crippen LogP) is 0.652. The lowest BCUT2D eigenvalue weighted by Crippen LogP contribution is -2.61. The quantitative estimate of drug-likeness (QED) is 0.588. The average molecular weight is 340 g/mol. The summed E-state index contributed by atoms with van der Waals surface area (Å²) in [7, 11) is 1.33. The maximum Gasteiger partial charge on any atom is 0.410 e. The number of amides is 3. The molecule has 2 fully saturated rings. The van der Waals surface area contributed by atoms with Crippen molar-refractivity contribution in [3.8, 4) is 0 Å². The molecule has 0 aromatic heterocycles. The molecule has 2 aliphatic heterocycles. The van der Waals surface area contributed by atoms with Crippen LogP contribution in [0.5, 0.6) is 0 Å². The second-order valence-corrected chi connectivity index (χ2v) is 7.03. The predicted molar refractivity (Wildman–Crippen MR) is 84.9 cm³/mol. The van der Waals surface area contributed by atoms with Gasteiger partial charge in [0.1, 0.15) is 18.9 Å². The molecule has 9 nitrogen and oxygen atoms in total. The van der Waals surface area contributed by atoms with Crippen molar-refractivity contribution in [2.75, 3.05) is 20.2 Å². The summed E-state index contributed by atoms with van der Waals surface area (Å²) in [6, 6.07) is 0. The van der Waals surface area contributed by atoms with Crippen LogP contribution >= 0.6 is 0 Å². The van der Waals surface area contributed by atoms with Crippen molar-refractivity contribution in [1.29, 1.82) is 0 Å². The molecule has 2 aliphatic rings. The molecule has 0 saturated carbocycles. The van der Waals surface area contributed by atoms with E-state index >= 15 is 0 Å². The highest BCUT2D eigenvalue weighted by Crippen LogP contribution is 2.34. The highest BCUT2D eigenvalue weighted by Gasteiger charge is 2.51. The van der Waals surface area contributed by atoms with E-state index in [2.05, 4.69) is 15.4 Å². The first kappa shape index (κ1) is 18.0. The van der Waals surface area contributed by atoms with Crippen LogP contribution in [0.3, 0.4) is 0 Å². The minimum Gasteiger partial charge on any atom is -0.444 e. The van der Waals surface area contributed by atoms with Gasteiger partial charge in [-0.1, -0.05) is 5.16 Å². The van der Waals surface area contributed by atoms with Gasteiger partial charge in [-0.15, -0.1) is 0 Å². The fraction of sp³-hybridized carbons (Fsp3) is 0.733. The first-order valence-corrected chi connectivity index (χ1v) is 7.85. The second-order valence-electron chi connectivity index (χ2n) is 7.03. The van der Waals surface area contributed by atoms with Gasteiger partial charge in [-0.05, 0) is 33.6 Å². The number of hydrogen-bond donors (Lipinski definition) is 1. The minimum atomic E-state index is -0.789. The lowest BCUT2D eigenvalue weighted by molar-refractivity contribution is -0.136. The number of hydrogen-bond acceptors (Lipinski definition) is 6. The van der Waals surface area contributed by atoms with E-state index in [0.717, 1.165) is 6.21 Å². The van der Waals surface area contributed by atoms with Gasteiger partial charge in [0.2, 0.25) is 5.91 Å². The Bertz CT molecular complexity index is 557. The van der Waals surface area contributed by atoms with Crippen LogP contribution in [0.4, 0.5) is 4.79 Å². The van der Waals surface area contributed by atoms with Gasteiger partial charge in [0, 0.05) is 13.1 Å². The Hall–Kier alpha value is -2.32. The molecule has 0 radical (unpaired) electrons. The maximum absolute atomic E-state index is 12.3. The molecule has 3 amide bonds. The maximum atomic E-state index is 12.3. The van der Waals surface area contributed by atoms with Crippen molar-refractivity contribution in [3.05, 3.63) is 0 Å². The van der Waals surface area contributed by atoms with Crippen LogP contribution in [0.2, 0.25) is 0 Å². The first-order valence-electron chi connectivity index (χ1n) is 7.85. The van der Waals surface area contributed by atoms with Gasteiger partial charge in [0.25, 0.3) is 5.91 Å². The van der Waals surface area contributed by atoms with E-state index in [-0.39, 0.29) is 18.9 Å². The number of nitrogens with one attached hydrogen (secondary N) is 1. The summed E-state index contributed by atoms with van der Waals surface area (Å²) in [6.07, 6.45) is 1.97. The van der Waals surface area contributed by atoms with Crippen molar-refractivity contribution in [2.24, 2.45) is 5.16 Å². The number of rotatable bonds is 2. The highest BCUT2D eigenvalue weighted by molar-refractivity contribution is 6.26. The standard InChI is InChI=1S/C15H24N4O5/c1-14(2,3)24-13(22)18-7-5-6-15(10-18)8-11(20)17-19(15)12(21)9-16-23-4/h9H,5-8,10H2,1-4H3,(H,17,20). The van der Waals surface area contributed by atoms with E-state index in [1.807, 2.05) is 0 Å². The van der Waals surface area contributed by atoms with Gasteiger partial charge in [0.15, 0.2) is 0 Å². The Morgan fingerprint density at radius 3 is 2.71 bits per heavy atom. The molecule has 0 aliphatic carbocycles. The fourth-order valence-electron chi connectivity index (χ4n) is 3.03. The van der Waals surface area contributed by atoms with Crippen molar-refractivity contribution in [3.63, 3.8) is 0 Å². The zero-order valence-electron chi connectivity index (χ0n) is 14.5. The van der Waals surface area contributed by atoms with E-state index in [9.17, 15) is 14.4 Å². The van der Waals surface area contributed by atoms with Crippen molar-refractivity contribution < 1.29 is 24.0 Å². The number of carbonyl (C=O) groups excluding carboxylic acids is 3. The largest absolute Gasteiger partial charge is 0.444 e. The molecule has 2 heterocycles. The van der Waals surface area contributed by atoms with E-state index in [1.54, 1.807) is 25.7 Å². The first-order chi connectivity index (χ1) is 11.2. The second kappa shape index (κ2) is 6.66. The van der Waals surface area contributed by atoms with Gasteiger partial charge < -0.3 is 14.5 Å². The molecule has 2 rings (SSSR count). The van der Waals surface area contributed by atoms with Gasteiger partial charge in [-0.25, -0.2) is 9.80 Å². The summed E-state index contributed by atoms with van der Waals surface area (Å²) in [6.45, 7) is 6.14. The number of carbonyl (C=O) groups is 3. The summed E-state index contributed by atoms with van der Waals surface area (Å²) >= 11 is 0. The molecule has 0 aromatic carbocycles. The lowest BCUT2D eigenvalue weighted by atomic mass is 9.86. The van der Waals surface area contributed by atoms with Gasteiger partial charge in [-0.3, -0.25) is 15.0 Å². The molecule has 1 N–H and O–H groups in total. The Kier molecular flexibility index (Phi) is 5.00. The molecular weight excluding hydrogens is 316 g/mol. The Balaban J connectivity index is 2.17. The SMILES string of the molecule is CON=CC(=O)N1NC(=O)CC12CCCN(C(=O)OC(C)(C)C)C2. The van der Waals surface area contributed by atoms with Gasteiger partial charge in [-0.2, -0.15) is 0 Å². The minimum absolute atomic E-state index is 0.138. The Labute approximate surface area is 140 Å². The Morgan fingerprint density at radius 2 is 2.08 bits per heavy atom. The zero-order valence-corrected chi connectivity index (χ0v) is 14.5. The zero-order chi connectivity index (χ0) is 18.0. The number of likely N-dealkylation sites (tertiary alicyclic amines) is 1. The van der Waals surface area contributed by atoms with Crippen LogP contribution in [-0.4, -0.2) is 65.4 Å². The number of hydrazine groups is 1. The molecule has 1 unspecified atom stereocenters. The Morgan fingerprint density at radius 1 is 1.38 bits per heavy atom. The molecule has 1 atom stereocenters. The van der Waals surface area contributed by atoms with Gasteiger partial charge >= 0.3 is 6.09 Å². The summed E-state index contributed by atoms with van der Waals surface area (Å²) in [5.41, 5.74) is 1.16. The van der Waals surface area contributed by atoms with Crippen molar-refractivity contribution in [2.45, 2.75) is 51.2 Å². The van der Waals surface area contributed by atoms with E-state index in [0.29, 0.717) is 19.4 Å². The molecule has 2 saturated heterocycles. The number of ether oxygens (including phenoxy) is 1. The molecule has 0 aromatic rings. The molecular formula is C15H24N4O5. The lowest BCUT2D eigenvalue weighted by Gasteiger charge is -2.43. The topological polar surface area (TPSA) is 101 Å².